The van der Waals surface area contributed by atoms with E-state index in [1.54, 1.807) is 13.0 Å². The van der Waals surface area contributed by atoms with Crippen LogP contribution in [-0.4, -0.2) is 15.5 Å². The Kier molecular flexibility index (Phi) is 3.51. The number of hydrogen-bond acceptors (Lipinski definition) is 6. The largest absolute Gasteiger partial charge is 0.454 e. The molecule has 0 aromatic carbocycles. The van der Waals surface area contributed by atoms with E-state index >= 15 is 0 Å². The standard InChI is InChI=1S/C12H10N6O2/c1-7-2-8(20-11(7)12(19)17-15)5-18-6-16-9(3-13)10(18)4-14/h2,6H,5,15H2,1H3,(H,17,19). The van der Waals surface area contributed by atoms with Crippen LogP contribution < -0.4 is 11.3 Å². The summed E-state index contributed by atoms with van der Waals surface area (Å²) in [5.41, 5.74) is 2.81. The van der Waals surface area contributed by atoms with E-state index in [1.807, 2.05) is 17.6 Å². The Morgan fingerprint density at radius 3 is 2.90 bits per heavy atom. The summed E-state index contributed by atoms with van der Waals surface area (Å²) in [4.78, 5) is 15.2. The van der Waals surface area contributed by atoms with Crippen LogP contribution in [0, 0.1) is 29.6 Å². The van der Waals surface area contributed by atoms with Crippen molar-refractivity contribution in [2.75, 3.05) is 0 Å². The molecule has 0 saturated carbocycles. The summed E-state index contributed by atoms with van der Waals surface area (Å²) in [6, 6.07) is 5.40. The van der Waals surface area contributed by atoms with Gasteiger partial charge in [0.15, 0.2) is 17.1 Å². The predicted octanol–water partition coefficient (Wildman–Crippen LogP) is 0.180. The summed E-state index contributed by atoms with van der Waals surface area (Å²) in [6.07, 6.45) is 1.37. The quantitative estimate of drug-likeness (QED) is 0.464. The monoisotopic (exact) mass is 270 g/mol. The molecule has 0 radical (unpaired) electrons. The van der Waals surface area contributed by atoms with Gasteiger partial charge in [0.2, 0.25) is 0 Å². The molecule has 1 amide bonds. The van der Waals surface area contributed by atoms with Gasteiger partial charge < -0.3 is 8.98 Å². The lowest BCUT2D eigenvalue weighted by molar-refractivity contribution is 0.0923. The third kappa shape index (κ3) is 2.23. The number of amides is 1. The molecule has 0 aliphatic carbocycles. The lowest BCUT2D eigenvalue weighted by Crippen LogP contribution is -2.30. The first-order valence-corrected chi connectivity index (χ1v) is 5.56. The minimum absolute atomic E-state index is 0.0516. The number of rotatable bonds is 3. The highest BCUT2D eigenvalue weighted by molar-refractivity contribution is 5.92. The van der Waals surface area contributed by atoms with Crippen molar-refractivity contribution >= 4 is 5.91 Å². The van der Waals surface area contributed by atoms with E-state index in [2.05, 4.69) is 4.98 Å². The molecule has 2 aromatic heterocycles. The van der Waals surface area contributed by atoms with Crippen LogP contribution in [-0.2, 0) is 6.54 Å². The molecule has 0 unspecified atom stereocenters. The van der Waals surface area contributed by atoms with E-state index in [1.165, 1.54) is 10.9 Å². The molecule has 0 bridgehead atoms. The number of nitrogens with two attached hydrogens (primary N) is 1. The molecule has 2 rings (SSSR count). The fourth-order valence-corrected chi connectivity index (χ4v) is 1.79. The average Bonchev–Trinajstić information content (AvgIpc) is 3.01. The maximum absolute atomic E-state index is 11.4. The van der Waals surface area contributed by atoms with E-state index < -0.39 is 5.91 Å². The topological polar surface area (TPSA) is 134 Å². The average molecular weight is 270 g/mol. The first-order valence-electron chi connectivity index (χ1n) is 5.56. The highest BCUT2D eigenvalue weighted by Gasteiger charge is 2.16. The molecule has 2 aromatic rings. The second kappa shape index (κ2) is 5.26. The van der Waals surface area contributed by atoms with Crippen molar-refractivity contribution in [1.29, 1.82) is 10.5 Å². The molecule has 2 heterocycles. The highest BCUT2D eigenvalue weighted by Crippen LogP contribution is 2.17. The first-order chi connectivity index (χ1) is 9.60. The van der Waals surface area contributed by atoms with Crippen molar-refractivity contribution in [2.24, 2.45) is 5.84 Å². The van der Waals surface area contributed by atoms with Crippen LogP contribution in [0.1, 0.15) is 33.3 Å². The van der Waals surface area contributed by atoms with Crippen molar-refractivity contribution in [3.05, 3.63) is 40.9 Å². The van der Waals surface area contributed by atoms with E-state index in [0.717, 1.165) is 0 Å². The predicted molar refractivity (Wildman–Crippen MR) is 65.9 cm³/mol. The Hall–Kier alpha value is -3.10. The molecule has 8 nitrogen and oxygen atoms in total. The van der Waals surface area contributed by atoms with Crippen LogP contribution >= 0.6 is 0 Å². The van der Waals surface area contributed by atoms with Crippen molar-refractivity contribution < 1.29 is 9.21 Å². The number of nitrogen functional groups attached to an aromatic ring is 1. The van der Waals surface area contributed by atoms with Crippen LogP contribution in [0.15, 0.2) is 16.8 Å². The molecule has 0 aliphatic rings. The molecule has 0 fully saturated rings. The van der Waals surface area contributed by atoms with Gasteiger partial charge in [0.25, 0.3) is 0 Å². The van der Waals surface area contributed by atoms with Crippen LogP contribution in [0.25, 0.3) is 0 Å². The van der Waals surface area contributed by atoms with Crippen LogP contribution in [0.2, 0.25) is 0 Å². The Morgan fingerprint density at radius 1 is 1.55 bits per heavy atom. The Balaban J connectivity index is 2.33. The third-order valence-electron chi connectivity index (χ3n) is 2.68. The van der Waals surface area contributed by atoms with E-state index in [9.17, 15) is 4.79 Å². The van der Waals surface area contributed by atoms with Gasteiger partial charge in [-0.25, -0.2) is 10.8 Å². The molecule has 0 spiro atoms. The summed E-state index contributed by atoms with van der Waals surface area (Å²) in [5.74, 6) is 5.09. The highest BCUT2D eigenvalue weighted by atomic mass is 16.4. The van der Waals surface area contributed by atoms with E-state index in [0.29, 0.717) is 11.3 Å². The number of aromatic nitrogens is 2. The SMILES string of the molecule is Cc1cc(Cn2cnc(C#N)c2C#N)oc1C(=O)NN. The molecule has 0 saturated heterocycles. The Bertz CT molecular complexity index is 743. The zero-order valence-corrected chi connectivity index (χ0v) is 10.5. The molecular formula is C12H10N6O2. The summed E-state index contributed by atoms with van der Waals surface area (Å²) in [7, 11) is 0. The maximum atomic E-state index is 11.4. The summed E-state index contributed by atoms with van der Waals surface area (Å²) in [5, 5.41) is 17.8. The van der Waals surface area contributed by atoms with Gasteiger partial charge in [-0.2, -0.15) is 10.5 Å². The normalized spacial score (nSPS) is 9.80. The third-order valence-corrected chi connectivity index (χ3v) is 2.68. The first kappa shape index (κ1) is 13.3. The number of nitrogens with zero attached hydrogens (tertiary/aromatic N) is 4. The molecule has 0 aliphatic heterocycles. The Morgan fingerprint density at radius 2 is 2.30 bits per heavy atom. The van der Waals surface area contributed by atoms with Crippen LogP contribution in [0.3, 0.4) is 0 Å². The number of nitriles is 2. The number of carbonyl (C=O) groups excluding carboxylic acids is 1. The molecule has 100 valence electrons. The fourth-order valence-electron chi connectivity index (χ4n) is 1.79. The maximum Gasteiger partial charge on any atom is 0.301 e. The zero-order valence-electron chi connectivity index (χ0n) is 10.5. The fraction of sp³-hybridized carbons (Fsp3) is 0.167. The van der Waals surface area contributed by atoms with Gasteiger partial charge in [0, 0.05) is 5.56 Å². The number of hydrazine groups is 1. The smallest absolute Gasteiger partial charge is 0.301 e. The number of furan rings is 1. The van der Waals surface area contributed by atoms with Crippen molar-refractivity contribution in [3.8, 4) is 12.1 Å². The van der Waals surface area contributed by atoms with Crippen molar-refractivity contribution in [2.45, 2.75) is 13.5 Å². The molecule has 0 atom stereocenters. The number of imidazole rings is 1. The van der Waals surface area contributed by atoms with Gasteiger partial charge in [-0.1, -0.05) is 0 Å². The van der Waals surface area contributed by atoms with Gasteiger partial charge >= 0.3 is 5.91 Å². The van der Waals surface area contributed by atoms with Gasteiger partial charge in [-0.05, 0) is 13.0 Å². The summed E-state index contributed by atoms with van der Waals surface area (Å²) >= 11 is 0. The number of nitrogens with one attached hydrogen (secondary N) is 1. The van der Waals surface area contributed by atoms with E-state index in [4.69, 9.17) is 20.8 Å². The molecule has 20 heavy (non-hydrogen) atoms. The number of aryl methyl sites for hydroxylation is 1. The van der Waals surface area contributed by atoms with Crippen molar-refractivity contribution in [1.82, 2.24) is 15.0 Å². The van der Waals surface area contributed by atoms with Crippen LogP contribution in [0.4, 0.5) is 0 Å². The second-order valence-corrected chi connectivity index (χ2v) is 3.99. The summed E-state index contributed by atoms with van der Waals surface area (Å²) in [6.45, 7) is 1.90. The lowest BCUT2D eigenvalue weighted by Gasteiger charge is -2.00. The van der Waals surface area contributed by atoms with Crippen LogP contribution in [0.5, 0.6) is 0 Å². The van der Waals surface area contributed by atoms with Gasteiger partial charge in [0.05, 0.1) is 12.9 Å². The van der Waals surface area contributed by atoms with E-state index in [-0.39, 0.29) is 23.7 Å². The summed E-state index contributed by atoms with van der Waals surface area (Å²) < 4.78 is 6.85. The number of hydrogen-bond donors (Lipinski definition) is 2. The van der Waals surface area contributed by atoms with Gasteiger partial charge in [-0.15, -0.1) is 0 Å². The zero-order chi connectivity index (χ0) is 14.7. The molecule has 8 heteroatoms. The molecule has 3 N–H and O–H groups in total. The second-order valence-electron chi connectivity index (χ2n) is 3.99. The Labute approximate surface area is 114 Å². The molecular weight excluding hydrogens is 260 g/mol. The van der Waals surface area contributed by atoms with Gasteiger partial charge in [-0.3, -0.25) is 10.2 Å². The number of carbonyl (C=O) groups is 1. The minimum Gasteiger partial charge on any atom is -0.454 e. The minimum atomic E-state index is -0.530. The van der Waals surface area contributed by atoms with Gasteiger partial charge in [0.1, 0.15) is 17.9 Å². The lowest BCUT2D eigenvalue weighted by atomic mass is 10.2. The van der Waals surface area contributed by atoms with Crippen molar-refractivity contribution in [3.63, 3.8) is 0 Å².